The van der Waals surface area contributed by atoms with E-state index >= 15 is 0 Å². The van der Waals surface area contributed by atoms with Crippen molar-refractivity contribution in [2.45, 2.75) is 25.6 Å². The first kappa shape index (κ1) is 20.8. The summed E-state index contributed by atoms with van der Waals surface area (Å²) in [5, 5.41) is 9.49. The maximum atomic E-state index is 13.7. The van der Waals surface area contributed by atoms with Crippen LogP contribution in [0.25, 0.3) is 5.69 Å². The lowest BCUT2D eigenvalue weighted by molar-refractivity contribution is -0.143. The molecule has 4 rings (SSSR count). The number of carbonyl (C=O) groups excluding carboxylic acids is 1. The van der Waals surface area contributed by atoms with Crippen LogP contribution in [-0.4, -0.2) is 34.0 Å². The first-order valence-corrected chi connectivity index (χ1v) is 9.74. The number of rotatable bonds is 5. The number of aromatic nitrogens is 3. The van der Waals surface area contributed by atoms with Gasteiger partial charge in [-0.1, -0.05) is 23.4 Å². The molecule has 1 fully saturated rings. The maximum absolute atomic E-state index is 13.7. The van der Waals surface area contributed by atoms with Crippen LogP contribution in [0.15, 0.2) is 48.5 Å². The molecule has 1 saturated heterocycles. The zero-order chi connectivity index (χ0) is 22.0. The van der Waals surface area contributed by atoms with Gasteiger partial charge in [-0.15, -0.1) is 5.10 Å². The molecule has 1 N–H and O–H groups in total. The molecule has 6 nitrogen and oxygen atoms in total. The Morgan fingerprint density at radius 2 is 1.71 bits per heavy atom. The quantitative estimate of drug-likeness (QED) is 0.619. The Labute approximate surface area is 175 Å². The normalized spacial score (nSPS) is 14.1. The van der Waals surface area contributed by atoms with Crippen molar-refractivity contribution in [3.8, 4) is 5.69 Å². The molecule has 0 spiro atoms. The first-order valence-electron chi connectivity index (χ1n) is 9.74. The van der Waals surface area contributed by atoms with Gasteiger partial charge in [0.2, 0.25) is 0 Å². The van der Waals surface area contributed by atoms with E-state index in [9.17, 15) is 22.4 Å². The molecule has 0 aliphatic carbocycles. The van der Waals surface area contributed by atoms with E-state index in [1.807, 2.05) is 24.3 Å². The Balaban J connectivity index is 1.59. The van der Waals surface area contributed by atoms with Crippen LogP contribution in [0.2, 0.25) is 0 Å². The number of anilines is 1. The van der Waals surface area contributed by atoms with Crippen LogP contribution in [0, 0.1) is 5.82 Å². The summed E-state index contributed by atoms with van der Waals surface area (Å²) in [6.45, 7) is 1.84. The van der Waals surface area contributed by atoms with E-state index in [0.29, 0.717) is 4.68 Å². The zero-order valence-corrected chi connectivity index (χ0v) is 16.4. The number of nitrogens with one attached hydrogen (secondary N) is 1. The molecule has 1 aliphatic rings. The van der Waals surface area contributed by atoms with Gasteiger partial charge in [-0.05, 0) is 48.7 Å². The molecule has 0 radical (unpaired) electrons. The highest BCUT2D eigenvalue weighted by Crippen LogP contribution is 2.33. The molecule has 1 amide bonds. The fourth-order valence-corrected chi connectivity index (χ4v) is 3.64. The second-order valence-electron chi connectivity index (χ2n) is 7.18. The molecule has 0 bridgehead atoms. The molecule has 0 unspecified atom stereocenters. The second kappa shape index (κ2) is 8.37. The average Bonchev–Trinajstić information content (AvgIpc) is 3.43. The van der Waals surface area contributed by atoms with Crippen LogP contribution in [0.1, 0.15) is 34.6 Å². The second-order valence-corrected chi connectivity index (χ2v) is 7.18. The number of halogens is 4. The van der Waals surface area contributed by atoms with Gasteiger partial charge in [0.1, 0.15) is 5.82 Å². The number of benzene rings is 2. The Morgan fingerprint density at radius 3 is 2.39 bits per heavy atom. The van der Waals surface area contributed by atoms with Crippen molar-refractivity contribution in [1.29, 1.82) is 0 Å². The van der Waals surface area contributed by atoms with E-state index < -0.39 is 29.3 Å². The van der Waals surface area contributed by atoms with Gasteiger partial charge in [0.25, 0.3) is 5.91 Å². The summed E-state index contributed by atoms with van der Waals surface area (Å²) in [6.07, 6.45) is -2.75. The predicted octanol–water partition coefficient (Wildman–Crippen LogP) is 3.96. The molecule has 162 valence electrons. The first-order chi connectivity index (χ1) is 14.8. The number of nitrogens with zero attached hydrogens (tertiary/aromatic N) is 4. The number of amides is 1. The van der Waals surface area contributed by atoms with E-state index in [1.165, 1.54) is 0 Å². The Morgan fingerprint density at radius 1 is 1.03 bits per heavy atom. The fourth-order valence-electron chi connectivity index (χ4n) is 3.64. The van der Waals surface area contributed by atoms with Crippen molar-refractivity contribution < 1.29 is 22.4 Å². The minimum absolute atomic E-state index is 0.0478. The van der Waals surface area contributed by atoms with Gasteiger partial charge in [-0.25, -0.2) is 9.07 Å². The number of carbonyl (C=O) groups is 1. The molecule has 3 aromatic rings. The van der Waals surface area contributed by atoms with Gasteiger partial charge < -0.3 is 10.2 Å². The molecular formula is C21H19F4N5O. The highest BCUT2D eigenvalue weighted by atomic mass is 19.4. The monoisotopic (exact) mass is 433 g/mol. The summed E-state index contributed by atoms with van der Waals surface area (Å²) in [5.41, 5.74) is -0.455. The Kier molecular flexibility index (Phi) is 5.62. The molecule has 0 saturated carbocycles. The molecule has 2 aromatic carbocycles. The van der Waals surface area contributed by atoms with E-state index in [4.69, 9.17) is 0 Å². The molecule has 1 aliphatic heterocycles. The van der Waals surface area contributed by atoms with E-state index in [1.54, 1.807) is 0 Å². The summed E-state index contributed by atoms with van der Waals surface area (Å²) >= 11 is 0. The summed E-state index contributed by atoms with van der Waals surface area (Å²) in [6, 6.07) is 11.7. The molecule has 1 aromatic heterocycles. The largest absolute Gasteiger partial charge is 0.435 e. The SMILES string of the molecule is O=C(NCc1ccccc1N1CCCC1)c1nnn(-c2ccc(F)cc2)c1C(F)(F)F. The number of hydrogen-bond acceptors (Lipinski definition) is 4. The zero-order valence-electron chi connectivity index (χ0n) is 16.4. The van der Waals surface area contributed by atoms with Gasteiger partial charge in [0.05, 0.1) is 5.69 Å². The standard InChI is InChI=1S/C21H19F4N5O/c22-15-7-9-16(10-8-15)30-19(21(23,24)25)18(27-28-30)20(31)26-13-14-5-1-2-6-17(14)29-11-3-4-12-29/h1-2,5-10H,3-4,11-13H2,(H,26,31). The minimum atomic E-state index is -4.89. The van der Waals surface area contributed by atoms with Crippen molar-refractivity contribution in [3.63, 3.8) is 0 Å². The topological polar surface area (TPSA) is 63.1 Å². The van der Waals surface area contributed by atoms with Gasteiger partial charge in [-0.2, -0.15) is 13.2 Å². The van der Waals surface area contributed by atoms with Gasteiger partial charge in [0.15, 0.2) is 11.4 Å². The highest BCUT2D eigenvalue weighted by Gasteiger charge is 2.42. The average molecular weight is 433 g/mol. The minimum Gasteiger partial charge on any atom is -0.371 e. The summed E-state index contributed by atoms with van der Waals surface area (Å²) in [7, 11) is 0. The molecule has 10 heteroatoms. The van der Waals surface area contributed by atoms with Crippen LogP contribution >= 0.6 is 0 Å². The van der Waals surface area contributed by atoms with E-state index in [2.05, 4.69) is 20.5 Å². The predicted molar refractivity (Wildman–Crippen MR) is 105 cm³/mol. The lowest BCUT2D eigenvalue weighted by Gasteiger charge is -2.21. The smallest absolute Gasteiger partial charge is 0.371 e. The van der Waals surface area contributed by atoms with Crippen LogP contribution in [0.4, 0.5) is 23.2 Å². The molecule has 31 heavy (non-hydrogen) atoms. The van der Waals surface area contributed by atoms with Crippen molar-refractivity contribution >= 4 is 11.6 Å². The molecular weight excluding hydrogens is 414 g/mol. The number of hydrogen-bond donors (Lipinski definition) is 1. The maximum Gasteiger partial charge on any atom is 0.435 e. The lowest BCUT2D eigenvalue weighted by atomic mass is 10.1. The third-order valence-electron chi connectivity index (χ3n) is 5.10. The van der Waals surface area contributed by atoms with Crippen molar-refractivity contribution in [1.82, 2.24) is 20.3 Å². The van der Waals surface area contributed by atoms with E-state index in [-0.39, 0.29) is 12.2 Å². The van der Waals surface area contributed by atoms with Crippen LogP contribution < -0.4 is 10.2 Å². The number of para-hydroxylation sites is 1. The van der Waals surface area contributed by atoms with Gasteiger partial charge in [0, 0.05) is 25.3 Å². The summed E-state index contributed by atoms with van der Waals surface area (Å²) < 4.78 is 54.8. The number of alkyl halides is 3. The van der Waals surface area contributed by atoms with Gasteiger partial charge in [-0.3, -0.25) is 4.79 Å². The third kappa shape index (κ3) is 4.37. The van der Waals surface area contributed by atoms with Crippen LogP contribution in [-0.2, 0) is 12.7 Å². The molecule has 2 heterocycles. The van der Waals surface area contributed by atoms with E-state index in [0.717, 1.165) is 61.4 Å². The summed E-state index contributed by atoms with van der Waals surface area (Å²) in [5.74, 6) is -1.59. The van der Waals surface area contributed by atoms with Crippen LogP contribution in [0.3, 0.4) is 0 Å². The van der Waals surface area contributed by atoms with Crippen molar-refractivity contribution in [2.24, 2.45) is 0 Å². The van der Waals surface area contributed by atoms with Crippen molar-refractivity contribution in [3.05, 3.63) is 71.3 Å². The third-order valence-corrected chi connectivity index (χ3v) is 5.10. The summed E-state index contributed by atoms with van der Waals surface area (Å²) in [4.78, 5) is 14.8. The fraction of sp³-hybridized carbons (Fsp3) is 0.286. The molecule has 0 atom stereocenters. The lowest BCUT2D eigenvalue weighted by Crippen LogP contribution is -2.28. The van der Waals surface area contributed by atoms with Gasteiger partial charge >= 0.3 is 6.18 Å². The Hall–Kier alpha value is -3.43. The van der Waals surface area contributed by atoms with Crippen LogP contribution in [0.5, 0.6) is 0 Å². The highest BCUT2D eigenvalue weighted by molar-refractivity contribution is 5.93. The Bertz CT molecular complexity index is 1070. The van der Waals surface area contributed by atoms with Crippen molar-refractivity contribution in [2.75, 3.05) is 18.0 Å².